The predicted molar refractivity (Wildman–Crippen MR) is 92.6 cm³/mol. The normalized spacial score (nSPS) is 15.8. The summed E-state index contributed by atoms with van der Waals surface area (Å²) < 4.78 is 29.7. The van der Waals surface area contributed by atoms with Crippen LogP contribution in [0.15, 0.2) is 58.6 Å². The van der Waals surface area contributed by atoms with E-state index in [1.54, 1.807) is 0 Å². The third-order valence-electron chi connectivity index (χ3n) is 4.91. The summed E-state index contributed by atoms with van der Waals surface area (Å²) in [5.74, 6) is -0.323. The van der Waals surface area contributed by atoms with E-state index in [-0.39, 0.29) is 10.3 Å². The van der Waals surface area contributed by atoms with Crippen LogP contribution in [-0.2, 0) is 12.5 Å². The number of hydrogen-bond acceptors (Lipinski definition) is 3. The zero-order valence-corrected chi connectivity index (χ0v) is 14.6. The first kappa shape index (κ1) is 16.3. The Labute approximate surface area is 149 Å². The van der Waals surface area contributed by atoms with Crippen LogP contribution < -0.4 is 0 Å². The Morgan fingerprint density at radius 1 is 0.960 bits per heavy atom. The molecule has 0 bridgehead atoms. The molecule has 1 saturated carbocycles. The number of hydrogen-bond donors (Lipinski definition) is 0. The van der Waals surface area contributed by atoms with E-state index in [2.05, 4.69) is 22.3 Å². The average Bonchev–Trinajstić information content (AvgIpc) is 2.93. The highest BCUT2D eigenvalue weighted by molar-refractivity contribution is 7.99. The lowest BCUT2D eigenvalue weighted by Gasteiger charge is -2.41. The molecule has 0 amide bonds. The average molecular weight is 357 g/mol. The van der Waals surface area contributed by atoms with Crippen molar-refractivity contribution in [1.82, 2.24) is 14.8 Å². The summed E-state index contributed by atoms with van der Waals surface area (Å²) >= 11 is 0.974. The first-order chi connectivity index (χ1) is 12.1. The molecule has 6 heteroatoms. The van der Waals surface area contributed by atoms with Crippen LogP contribution in [0.1, 0.15) is 30.7 Å². The highest BCUT2D eigenvalue weighted by atomic mass is 32.2. The van der Waals surface area contributed by atoms with Gasteiger partial charge in [-0.25, -0.2) is 8.78 Å². The Kier molecular flexibility index (Phi) is 4.07. The van der Waals surface area contributed by atoms with Crippen molar-refractivity contribution in [1.29, 1.82) is 0 Å². The van der Waals surface area contributed by atoms with Gasteiger partial charge in [-0.2, -0.15) is 0 Å². The van der Waals surface area contributed by atoms with Crippen molar-refractivity contribution in [2.45, 2.75) is 34.7 Å². The molecule has 0 saturated heterocycles. The van der Waals surface area contributed by atoms with Crippen LogP contribution in [-0.4, -0.2) is 14.8 Å². The van der Waals surface area contributed by atoms with E-state index in [1.807, 2.05) is 29.8 Å². The summed E-state index contributed by atoms with van der Waals surface area (Å²) in [6.45, 7) is 0. The van der Waals surface area contributed by atoms with E-state index in [9.17, 15) is 8.78 Å². The molecule has 0 unspecified atom stereocenters. The van der Waals surface area contributed by atoms with Crippen molar-refractivity contribution in [3.8, 4) is 0 Å². The lowest BCUT2D eigenvalue weighted by molar-refractivity contribution is 0.277. The fraction of sp³-hybridized carbons (Fsp3) is 0.263. The summed E-state index contributed by atoms with van der Waals surface area (Å²) in [7, 11) is 1.86. The number of nitrogens with zero attached hydrogens (tertiary/aromatic N) is 3. The molecule has 0 N–H and O–H groups in total. The highest BCUT2D eigenvalue weighted by Crippen LogP contribution is 2.48. The maximum absolute atomic E-state index is 13.9. The molecule has 0 spiro atoms. The van der Waals surface area contributed by atoms with Gasteiger partial charge < -0.3 is 4.57 Å². The van der Waals surface area contributed by atoms with Crippen LogP contribution >= 0.6 is 11.8 Å². The molecule has 0 atom stereocenters. The molecule has 128 valence electrons. The molecule has 0 radical (unpaired) electrons. The topological polar surface area (TPSA) is 30.7 Å². The summed E-state index contributed by atoms with van der Waals surface area (Å²) in [6.07, 6.45) is 3.13. The van der Waals surface area contributed by atoms with Crippen molar-refractivity contribution < 1.29 is 8.78 Å². The van der Waals surface area contributed by atoms with E-state index in [0.29, 0.717) is 5.16 Å². The Bertz CT molecular complexity index is 884. The number of halogens is 2. The third kappa shape index (κ3) is 2.65. The van der Waals surface area contributed by atoms with E-state index in [0.717, 1.165) is 36.8 Å². The van der Waals surface area contributed by atoms with Gasteiger partial charge >= 0.3 is 0 Å². The molecule has 3 nitrogen and oxygen atoms in total. The van der Waals surface area contributed by atoms with Gasteiger partial charge in [0.1, 0.15) is 17.5 Å². The van der Waals surface area contributed by atoms with Crippen LogP contribution in [0.3, 0.4) is 0 Å². The summed E-state index contributed by atoms with van der Waals surface area (Å²) in [5, 5.41) is 9.09. The van der Waals surface area contributed by atoms with Crippen LogP contribution in [0.5, 0.6) is 0 Å². The largest absolute Gasteiger partial charge is 0.308 e. The molecule has 25 heavy (non-hydrogen) atoms. The lowest BCUT2D eigenvalue weighted by Crippen LogP contribution is -2.38. The van der Waals surface area contributed by atoms with Crippen LogP contribution in [0.25, 0.3) is 0 Å². The van der Waals surface area contributed by atoms with Crippen molar-refractivity contribution >= 4 is 11.8 Å². The van der Waals surface area contributed by atoms with Gasteiger partial charge in [-0.3, -0.25) is 0 Å². The second-order valence-corrected chi connectivity index (χ2v) is 7.30. The molecule has 1 aliphatic rings. The molecule has 1 aromatic heterocycles. The molecule has 2 aromatic carbocycles. The molecular formula is C19H17F2N3S. The van der Waals surface area contributed by atoms with Crippen LogP contribution in [0, 0.1) is 11.6 Å². The number of benzene rings is 2. The van der Waals surface area contributed by atoms with E-state index in [1.165, 1.54) is 23.8 Å². The summed E-state index contributed by atoms with van der Waals surface area (Å²) in [6, 6.07) is 14.1. The Morgan fingerprint density at radius 3 is 2.24 bits per heavy atom. The number of aromatic nitrogens is 3. The molecule has 1 aliphatic carbocycles. The zero-order valence-electron chi connectivity index (χ0n) is 13.7. The monoisotopic (exact) mass is 357 g/mol. The first-order valence-corrected chi connectivity index (χ1v) is 9.01. The second-order valence-electron chi connectivity index (χ2n) is 6.32. The van der Waals surface area contributed by atoms with Gasteiger partial charge in [-0.1, -0.05) is 42.8 Å². The fourth-order valence-corrected chi connectivity index (χ4v) is 4.24. The minimum atomic E-state index is -0.587. The van der Waals surface area contributed by atoms with Gasteiger partial charge in [0.15, 0.2) is 5.16 Å². The van der Waals surface area contributed by atoms with Crippen LogP contribution in [0.2, 0.25) is 0 Å². The molecular weight excluding hydrogens is 340 g/mol. The van der Waals surface area contributed by atoms with Crippen molar-refractivity contribution in [2.75, 3.05) is 0 Å². The smallest absolute Gasteiger partial charge is 0.196 e. The van der Waals surface area contributed by atoms with E-state index >= 15 is 0 Å². The zero-order chi connectivity index (χ0) is 17.4. The summed E-state index contributed by atoms with van der Waals surface area (Å²) in [5.41, 5.74) is 1.06. The number of rotatable bonds is 4. The van der Waals surface area contributed by atoms with Crippen molar-refractivity contribution in [3.63, 3.8) is 0 Å². The van der Waals surface area contributed by atoms with Crippen molar-refractivity contribution in [3.05, 3.63) is 71.6 Å². The van der Waals surface area contributed by atoms with Gasteiger partial charge in [0.2, 0.25) is 0 Å². The van der Waals surface area contributed by atoms with Gasteiger partial charge in [0, 0.05) is 7.05 Å². The van der Waals surface area contributed by atoms with Gasteiger partial charge in [0.25, 0.3) is 0 Å². The van der Waals surface area contributed by atoms with Gasteiger partial charge in [-0.05, 0) is 42.3 Å². The molecule has 1 fully saturated rings. The minimum Gasteiger partial charge on any atom is -0.308 e. The van der Waals surface area contributed by atoms with E-state index in [4.69, 9.17) is 0 Å². The molecule has 1 heterocycles. The van der Waals surface area contributed by atoms with E-state index < -0.39 is 11.6 Å². The maximum atomic E-state index is 13.9. The quantitative estimate of drug-likeness (QED) is 0.677. The maximum Gasteiger partial charge on any atom is 0.196 e. The van der Waals surface area contributed by atoms with Crippen molar-refractivity contribution in [2.24, 2.45) is 7.05 Å². The molecule has 3 aromatic rings. The summed E-state index contributed by atoms with van der Waals surface area (Å²) in [4.78, 5) is -0.0491. The Hall–Kier alpha value is -2.21. The first-order valence-electron chi connectivity index (χ1n) is 8.19. The standard InChI is InChI=1S/C19H17F2N3S/c1-24-17(19(11-6-12-19)13-7-3-2-4-8-13)22-23-18(24)25-16-14(20)9-5-10-15(16)21/h2-5,7-10H,6,11-12H2,1H3. The molecule has 4 rings (SSSR count). The second kappa shape index (κ2) is 6.26. The van der Waals surface area contributed by atoms with Crippen LogP contribution in [0.4, 0.5) is 8.78 Å². The van der Waals surface area contributed by atoms with Gasteiger partial charge in [-0.15, -0.1) is 10.2 Å². The molecule has 0 aliphatic heterocycles. The SMILES string of the molecule is Cn1c(Sc2c(F)cccc2F)nnc1C1(c2ccccc2)CCC1. The lowest BCUT2D eigenvalue weighted by atomic mass is 9.64. The third-order valence-corrected chi connectivity index (χ3v) is 6.04. The fourth-order valence-electron chi connectivity index (χ4n) is 3.42. The highest BCUT2D eigenvalue weighted by Gasteiger charge is 2.44. The Balaban J connectivity index is 1.72. The van der Waals surface area contributed by atoms with Gasteiger partial charge in [0.05, 0.1) is 10.3 Å². The minimum absolute atomic E-state index is 0.0491. The Morgan fingerprint density at radius 2 is 1.64 bits per heavy atom. The predicted octanol–water partition coefficient (Wildman–Crippen LogP) is 4.71.